The van der Waals surface area contributed by atoms with Crippen LogP contribution < -0.4 is 5.32 Å². The van der Waals surface area contributed by atoms with Gasteiger partial charge in [-0.1, -0.05) is 49.3 Å². The van der Waals surface area contributed by atoms with E-state index in [1.54, 1.807) is 12.1 Å². The summed E-state index contributed by atoms with van der Waals surface area (Å²) in [5, 5.41) is 16.8. The molecule has 2 aromatic rings. The van der Waals surface area contributed by atoms with E-state index in [0.29, 0.717) is 12.5 Å². The quantitative estimate of drug-likeness (QED) is 0.836. The third-order valence-corrected chi connectivity index (χ3v) is 4.37. The van der Waals surface area contributed by atoms with Crippen LogP contribution in [0.4, 0.5) is 0 Å². The molecule has 0 saturated carbocycles. The minimum absolute atomic E-state index is 0.0354. The van der Waals surface area contributed by atoms with E-state index < -0.39 is 0 Å². The molecule has 0 bridgehead atoms. The molecular weight excluding hydrogens is 328 g/mol. The second-order valence-corrected chi connectivity index (χ2v) is 6.96. The van der Waals surface area contributed by atoms with Crippen molar-refractivity contribution < 1.29 is 14.7 Å². The van der Waals surface area contributed by atoms with Crippen molar-refractivity contribution in [2.45, 2.75) is 32.3 Å². The zero-order valence-electron chi connectivity index (χ0n) is 15.1. The van der Waals surface area contributed by atoms with Gasteiger partial charge in [-0.25, -0.2) is 0 Å². The fraction of sp³-hybridized carbons (Fsp3) is 0.333. The number of nitrogens with one attached hydrogen (secondary N) is 1. The van der Waals surface area contributed by atoms with Crippen LogP contribution in [0.1, 0.15) is 37.3 Å². The number of aromatic hydroxyl groups is 1. The molecule has 0 aliphatic carbocycles. The van der Waals surface area contributed by atoms with Crippen LogP contribution in [0.5, 0.6) is 5.75 Å². The van der Waals surface area contributed by atoms with Gasteiger partial charge in [0.25, 0.3) is 0 Å². The van der Waals surface area contributed by atoms with Crippen LogP contribution in [0.3, 0.4) is 0 Å². The number of rotatable bonds is 6. The SMILES string of the molecule is CC(C)CNC(=O)CC1ON=C(c2ccc(O)cc2)C1c1ccccc1. The van der Waals surface area contributed by atoms with E-state index >= 15 is 0 Å². The van der Waals surface area contributed by atoms with Crippen LogP contribution in [0.2, 0.25) is 0 Å². The van der Waals surface area contributed by atoms with Gasteiger partial charge in [0.05, 0.1) is 18.1 Å². The van der Waals surface area contributed by atoms with Crippen molar-refractivity contribution in [1.29, 1.82) is 0 Å². The summed E-state index contributed by atoms with van der Waals surface area (Å²) >= 11 is 0. The minimum atomic E-state index is -0.353. The molecule has 0 aromatic heterocycles. The van der Waals surface area contributed by atoms with Crippen LogP contribution in [-0.2, 0) is 9.63 Å². The number of amides is 1. The fourth-order valence-electron chi connectivity index (χ4n) is 3.04. The van der Waals surface area contributed by atoms with Crippen LogP contribution in [-0.4, -0.2) is 29.4 Å². The van der Waals surface area contributed by atoms with Gasteiger partial charge >= 0.3 is 0 Å². The molecule has 1 aliphatic heterocycles. The van der Waals surface area contributed by atoms with E-state index in [9.17, 15) is 9.90 Å². The molecule has 26 heavy (non-hydrogen) atoms. The van der Waals surface area contributed by atoms with E-state index in [0.717, 1.165) is 16.8 Å². The molecule has 136 valence electrons. The Kier molecular flexibility index (Phi) is 5.56. The molecule has 0 spiro atoms. The highest BCUT2D eigenvalue weighted by Crippen LogP contribution is 2.34. The lowest BCUT2D eigenvalue weighted by atomic mass is 9.85. The molecule has 0 radical (unpaired) electrons. The minimum Gasteiger partial charge on any atom is -0.508 e. The van der Waals surface area contributed by atoms with Crippen LogP contribution in [0, 0.1) is 5.92 Å². The maximum absolute atomic E-state index is 12.3. The molecule has 2 atom stereocenters. The Bertz CT molecular complexity index is 770. The number of phenols is 1. The molecule has 1 amide bonds. The normalized spacial score (nSPS) is 19.1. The first-order valence-electron chi connectivity index (χ1n) is 8.89. The maximum Gasteiger partial charge on any atom is 0.223 e. The van der Waals surface area contributed by atoms with Gasteiger partial charge in [0, 0.05) is 12.1 Å². The zero-order valence-corrected chi connectivity index (χ0v) is 15.1. The zero-order chi connectivity index (χ0) is 18.5. The van der Waals surface area contributed by atoms with Gasteiger partial charge < -0.3 is 15.3 Å². The first-order valence-corrected chi connectivity index (χ1v) is 8.89. The summed E-state index contributed by atoms with van der Waals surface area (Å²) in [6.45, 7) is 4.77. The maximum atomic E-state index is 12.3. The van der Waals surface area contributed by atoms with Gasteiger partial charge in [0.15, 0.2) is 0 Å². The summed E-state index contributed by atoms with van der Waals surface area (Å²) in [5.74, 6) is 0.434. The van der Waals surface area contributed by atoms with E-state index in [1.807, 2.05) is 42.5 Å². The van der Waals surface area contributed by atoms with Gasteiger partial charge in [-0.2, -0.15) is 0 Å². The summed E-state index contributed by atoms with van der Waals surface area (Å²) < 4.78 is 0. The van der Waals surface area contributed by atoms with Crippen molar-refractivity contribution >= 4 is 11.6 Å². The van der Waals surface area contributed by atoms with E-state index in [1.165, 1.54) is 0 Å². The van der Waals surface area contributed by atoms with E-state index in [4.69, 9.17) is 4.84 Å². The Hall–Kier alpha value is -2.82. The highest BCUT2D eigenvalue weighted by molar-refractivity contribution is 6.06. The van der Waals surface area contributed by atoms with E-state index in [2.05, 4.69) is 24.3 Å². The first kappa shape index (κ1) is 18.0. The summed E-state index contributed by atoms with van der Waals surface area (Å²) in [7, 11) is 0. The molecule has 2 unspecified atom stereocenters. The van der Waals surface area contributed by atoms with Crippen molar-refractivity contribution in [2.24, 2.45) is 11.1 Å². The van der Waals surface area contributed by atoms with Crippen molar-refractivity contribution in [1.82, 2.24) is 5.32 Å². The number of hydrogen-bond donors (Lipinski definition) is 2. The topological polar surface area (TPSA) is 70.9 Å². The Morgan fingerprint density at radius 2 is 1.85 bits per heavy atom. The monoisotopic (exact) mass is 352 g/mol. The third-order valence-electron chi connectivity index (χ3n) is 4.37. The lowest BCUT2D eigenvalue weighted by Crippen LogP contribution is -2.33. The molecule has 3 rings (SSSR count). The molecular formula is C21H24N2O3. The van der Waals surface area contributed by atoms with Crippen LogP contribution in [0.25, 0.3) is 0 Å². The third kappa shape index (κ3) is 4.23. The Labute approximate surface area is 153 Å². The molecule has 2 N–H and O–H groups in total. The molecule has 1 heterocycles. The Morgan fingerprint density at radius 1 is 1.15 bits per heavy atom. The van der Waals surface area contributed by atoms with Crippen LogP contribution in [0.15, 0.2) is 59.8 Å². The number of hydrogen-bond acceptors (Lipinski definition) is 4. The predicted molar refractivity (Wildman–Crippen MR) is 101 cm³/mol. The Balaban J connectivity index is 1.82. The standard InChI is InChI=1S/C21H24N2O3/c1-14(2)13-22-19(25)12-18-20(15-6-4-3-5-7-15)21(23-26-18)16-8-10-17(24)11-9-16/h3-11,14,18,20,24H,12-13H2,1-2H3,(H,22,25). The highest BCUT2D eigenvalue weighted by Gasteiger charge is 2.37. The number of carbonyl (C=O) groups excluding carboxylic acids is 1. The smallest absolute Gasteiger partial charge is 0.223 e. The average Bonchev–Trinajstić information content (AvgIpc) is 3.05. The summed E-state index contributed by atoms with van der Waals surface area (Å²) in [5.41, 5.74) is 2.71. The first-order chi connectivity index (χ1) is 12.5. The molecule has 2 aromatic carbocycles. The number of nitrogens with zero attached hydrogens (tertiary/aromatic N) is 1. The molecule has 0 saturated heterocycles. The number of benzene rings is 2. The van der Waals surface area contributed by atoms with Crippen molar-refractivity contribution in [3.05, 3.63) is 65.7 Å². The van der Waals surface area contributed by atoms with Gasteiger partial charge in [0.2, 0.25) is 5.91 Å². The second-order valence-electron chi connectivity index (χ2n) is 6.96. The summed E-state index contributed by atoms with van der Waals surface area (Å²) in [6, 6.07) is 16.8. The fourth-order valence-corrected chi connectivity index (χ4v) is 3.04. The predicted octanol–water partition coefficient (Wildman–Crippen LogP) is 3.44. The number of phenolic OH excluding ortho intramolecular Hbond substituents is 1. The Morgan fingerprint density at radius 3 is 2.50 bits per heavy atom. The molecule has 0 fully saturated rings. The van der Waals surface area contributed by atoms with Crippen molar-refractivity contribution in [3.63, 3.8) is 0 Å². The van der Waals surface area contributed by atoms with Crippen molar-refractivity contribution in [3.8, 4) is 5.75 Å². The molecule has 1 aliphatic rings. The van der Waals surface area contributed by atoms with Gasteiger partial charge in [-0.05, 0) is 35.7 Å². The lowest BCUT2D eigenvalue weighted by molar-refractivity contribution is -0.123. The van der Waals surface area contributed by atoms with Gasteiger partial charge in [0.1, 0.15) is 11.9 Å². The van der Waals surface area contributed by atoms with Gasteiger partial charge in [-0.3, -0.25) is 4.79 Å². The van der Waals surface area contributed by atoms with Gasteiger partial charge in [-0.15, -0.1) is 0 Å². The highest BCUT2D eigenvalue weighted by atomic mass is 16.6. The van der Waals surface area contributed by atoms with Crippen LogP contribution >= 0.6 is 0 Å². The second kappa shape index (κ2) is 8.04. The number of carbonyl (C=O) groups is 1. The summed E-state index contributed by atoms with van der Waals surface area (Å²) in [4.78, 5) is 18.0. The number of oxime groups is 1. The van der Waals surface area contributed by atoms with Crippen molar-refractivity contribution in [2.75, 3.05) is 6.54 Å². The largest absolute Gasteiger partial charge is 0.508 e. The molecule has 5 heteroatoms. The van der Waals surface area contributed by atoms with E-state index in [-0.39, 0.29) is 30.1 Å². The molecule has 5 nitrogen and oxygen atoms in total. The summed E-state index contributed by atoms with van der Waals surface area (Å²) in [6.07, 6.45) is -0.106. The lowest BCUT2D eigenvalue weighted by Gasteiger charge is -2.19. The average molecular weight is 352 g/mol.